The van der Waals surface area contributed by atoms with Gasteiger partial charge in [0.25, 0.3) is 0 Å². The van der Waals surface area contributed by atoms with Gasteiger partial charge in [-0.25, -0.2) is 19.9 Å². The highest BCUT2D eigenvalue weighted by molar-refractivity contribution is 5.91. The van der Waals surface area contributed by atoms with Crippen LogP contribution in [0.3, 0.4) is 0 Å². The fourth-order valence-electron chi connectivity index (χ4n) is 14.4. The highest BCUT2D eigenvalue weighted by Gasteiger charge is 2.46. The van der Waals surface area contributed by atoms with E-state index in [0.29, 0.717) is 5.75 Å². The summed E-state index contributed by atoms with van der Waals surface area (Å²) in [5.74, 6) is 2.96. The number of benzene rings is 8. The lowest BCUT2D eigenvalue weighted by Crippen LogP contribution is -2.25. The van der Waals surface area contributed by atoms with E-state index in [1.165, 1.54) is 47.9 Å². The molecule has 0 atom stereocenters. The van der Waals surface area contributed by atoms with Crippen molar-refractivity contribution >= 4 is 55.9 Å². The molecule has 454 valence electrons. The Morgan fingerprint density at radius 2 is 0.769 bits per heavy atom. The van der Waals surface area contributed by atoms with Crippen molar-refractivity contribution in [3.8, 4) is 56.5 Å². The summed E-state index contributed by atoms with van der Waals surface area (Å²) < 4.78 is 5.99. The number of pyridine rings is 4. The molecule has 0 bridgehead atoms. The van der Waals surface area contributed by atoms with Crippen LogP contribution in [0.5, 0.6) is 11.5 Å². The summed E-state index contributed by atoms with van der Waals surface area (Å²) in [5, 5.41) is 15.8. The minimum atomic E-state index is -0.116. The largest absolute Gasteiger partial charge is 0.507 e. The number of methoxy groups -OCH3 is 1. The van der Waals surface area contributed by atoms with Gasteiger partial charge in [-0.2, -0.15) is 0 Å². The van der Waals surface area contributed by atoms with E-state index < -0.39 is 0 Å². The number of phenols is 1. The van der Waals surface area contributed by atoms with Crippen LogP contribution in [0.1, 0.15) is 127 Å². The number of ether oxygens (including phenoxy) is 1. The van der Waals surface area contributed by atoms with Crippen LogP contribution in [0, 0.1) is 0 Å². The number of nitrogens with zero attached hydrogens (tertiary/aromatic N) is 6. The summed E-state index contributed by atoms with van der Waals surface area (Å²) in [5.41, 5.74) is 17.2. The van der Waals surface area contributed by atoms with Gasteiger partial charge >= 0.3 is 0 Å². The molecular weight excluding hydrogens is 1110 g/mol. The molecule has 2 aliphatic rings. The summed E-state index contributed by atoms with van der Waals surface area (Å²) in [6, 6.07) is 80.7. The van der Waals surface area contributed by atoms with E-state index in [9.17, 15) is 5.11 Å². The van der Waals surface area contributed by atoms with Gasteiger partial charge in [0.1, 0.15) is 23.1 Å². The second-order valence-corrected chi connectivity index (χ2v) is 24.6. The molecular formula is C83H80N6O2. The standard InChI is InChI=1S/C42H41N3O.C41H39N3O/c1-4-6-25-42(26-7-5-2)35-21-14-22-38(46-3)40(35)41-36(42)23-24-37(44-41)31-17-13-20-34(27-31)45(33-18-9-8-10-19-33)39-28-30-15-11-12-16-32(30)29-43-39;1-3-5-24-41(25-6-4-2)34-20-13-21-37(45)39(34)40-35(41)22-23-36(43-40)30-16-12-19-33(26-30)44(32-17-8-7-9-18-32)38-27-29-14-10-11-15-31(29)28-42-38/h8-24,27-29H,4-7,25-26H2,1-3H3;7-23,26-28,45H,3-6,24-25H2,1-2H3. The van der Waals surface area contributed by atoms with Gasteiger partial charge in [0.2, 0.25) is 0 Å². The molecule has 91 heavy (non-hydrogen) atoms. The van der Waals surface area contributed by atoms with E-state index >= 15 is 0 Å². The first kappa shape index (κ1) is 60.0. The Kier molecular flexibility index (Phi) is 17.6. The van der Waals surface area contributed by atoms with Crippen LogP contribution in [0.4, 0.5) is 34.4 Å². The van der Waals surface area contributed by atoms with E-state index in [4.69, 9.17) is 24.7 Å². The van der Waals surface area contributed by atoms with Crippen LogP contribution in [0.2, 0.25) is 0 Å². The number of aromatic nitrogens is 4. The molecule has 0 radical (unpaired) electrons. The van der Waals surface area contributed by atoms with Crippen LogP contribution in [0.15, 0.2) is 243 Å². The highest BCUT2D eigenvalue weighted by atomic mass is 16.5. The van der Waals surface area contributed by atoms with E-state index in [-0.39, 0.29) is 10.8 Å². The van der Waals surface area contributed by atoms with Crippen molar-refractivity contribution in [1.29, 1.82) is 0 Å². The van der Waals surface area contributed by atoms with Crippen molar-refractivity contribution < 1.29 is 9.84 Å². The van der Waals surface area contributed by atoms with Gasteiger partial charge in [0.05, 0.1) is 29.9 Å². The zero-order valence-electron chi connectivity index (χ0n) is 53.1. The highest BCUT2D eigenvalue weighted by Crippen LogP contribution is 2.58. The lowest BCUT2D eigenvalue weighted by atomic mass is 9.71. The van der Waals surface area contributed by atoms with Crippen molar-refractivity contribution in [2.45, 2.75) is 116 Å². The van der Waals surface area contributed by atoms with E-state index in [2.05, 4.69) is 238 Å². The van der Waals surface area contributed by atoms with E-state index in [1.807, 2.05) is 42.7 Å². The molecule has 0 saturated carbocycles. The third kappa shape index (κ3) is 11.5. The Bertz CT molecular complexity index is 4510. The van der Waals surface area contributed by atoms with Gasteiger partial charge in [-0.05, 0) is 144 Å². The average molecular weight is 1190 g/mol. The normalized spacial score (nSPS) is 13.0. The summed E-state index contributed by atoms with van der Waals surface area (Å²) >= 11 is 0. The third-order valence-corrected chi connectivity index (χ3v) is 19.0. The number of aromatic hydroxyl groups is 1. The number of para-hydroxylation sites is 2. The first-order valence-electron chi connectivity index (χ1n) is 32.9. The molecule has 4 aromatic heterocycles. The molecule has 14 rings (SSSR count). The van der Waals surface area contributed by atoms with E-state index in [0.717, 1.165) is 158 Å². The molecule has 0 amide bonds. The van der Waals surface area contributed by atoms with Gasteiger partial charge < -0.3 is 9.84 Å². The third-order valence-electron chi connectivity index (χ3n) is 19.0. The summed E-state index contributed by atoms with van der Waals surface area (Å²) in [6.45, 7) is 9.09. The monoisotopic (exact) mass is 1190 g/mol. The Balaban J connectivity index is 0.000000167. The minimum absolute atomic E-state index is 0.0372. The van der Waals surface area contributed by atoms with Crippen LogP contribution in [-0.2, 0) is 10.8 Å². The smallest absolute Gasteiger partial charge is 0.138 e. The number of anilines is 6. The molecule has 1 N–H and O–H groups in total. The second kappa shape index (κ2) is 26.7. The zero-order chi connectivity index (χ0) is 62.3. The van der Waals surface area contributed by atoms with Crippen molar-refractivity contribution in [2.24, 2.45) is 0 Å². The van der Waals surface area contributed by atoms with Gasteiger partial charge in [-0.1, -0.05) is 225 Å². The van der Waals surface area contributed by atoms with Crippen molar-refractivity contribution in [2.75, 3.05) is 16.9 Å². The Morgan fingerprint density at radius 1 is 0.374 bits per heavy atom. The number of hydrogen-bond acceptors (Lipinski definition) is 8. The minimum Gasteiger partial charge on any atom is -0.507 e. The van der Waals surface area contributed by atoms with Crippen LogP contribution < -0.4 is 14.5 Å². The lowest BCUT2D eigenvalue weighted by Gasteiger charge is -2.32. The molecule has 0 unspecified atom stereocenters. The SMILES string of the molecule is CCCCC1(CCCC)c2ccc(-c3cccc(N(c4ccccc4)c4cc5ccccc5cn4)c3)nc2-c2c(O)cccc21.CCCCC1(CCCC)c2ccc(-c3cccc(N(c4ccccc4)c4cc5ccccc5cn4)c3)nc2-c2c(OC)cccc21. The Morgan fingerprint density at radius 3 is 1.22 bits per heavy atom. The van der Waals surface area contributed by atoms with Crippen LogP contribution >= 0.6 is 0 Å². The van der Waals surface area contributed by atoms with E-state index in [1.54, 1.807) is 7.11 Å². The molecule has 8 aromatic carbocycles. The molecule has 8 nitrogen and oxygen atoms in total. The summed E-state index contributed by atoms with van der Waals surface area (Å²) in [6.07, 6.45) is 17.5. The molecule has 8 heteroatoms. The van der Waals surface area contributed by atoms with Crippen LogP contribution in [0.25, 0.3) is 66.6 Å². The van der Waals surface area contributed by atoms with Gasteiger partial charge in [-0.3, -0.25) is 9.80 Å². The maximum Gasteiger partial charge on any atom is 0.138 e. The first-order valence-corrected chi connectivity index (χ1v) is 32.9. The van der Waals surface area contributed by atoms with Crippen molar-refractivity contribution in [1.82, 2.24) is 19.9 Å². The fraction of sp³-hybridized carbons (Fsp3) is 0.229. The maximum absolute atomic E-state index is 11.2. The summed E-state index contributed by atoms with van der Waals surface area (Å²) in [7, 11) is 1.78. The molecule has 0 fully saturated rings. The fourth-order valence-corrected chi connectivity index (χ4v) is 14.4. The topological polar surface area (TPSA) is 87.5 Å². The Hall–Kier alpha value is -9.92. The quantitative estimate of drug-likeness (QED) is 0.0761. The average Bonchev–Trinajstić information content (AvgIpc) is 1.59. The molecule has 0 aliphatic heterocycles. The maximum atomic E-state index is 11.2. The van der Waals surface area contributed by atoms with Gasteiger partial charge in [-0.15, -0.1) is 0 Å². The first-order chi connectivity index (χ1) is 44.8. The Labute approximate surface area is 537 Å². The van der Waals surface area contributed by atoms with Crippen molar-refractivity contribution in [3.05, 3.63) is 265 Å². The molecule has 2 aliphatic carbocycles. The lowest BCUT2D eigenvalue weighted by molar-refractivity contribution is 0.405. The number of hydrogen-bond donors (Lipinski definition) is 1. The second-order valence-electron chi connectivity index (χ2n) is 24.6. The molecule has 0 saturated heterocycles. The number of unbranched alkanes of at least 4 members (excludes halogenated alkanes) is 4. The molecule has 4 heterocycles. The van der Waals surface area contributed by atoms with Gasteiger partial charge in [0, 0.05) is 79.0 Å². The van der Waals surface area contributed by atoms with Gasteiger partial charge in [0.15, 0.2) is 0 Å². The number of rotatable bonds is 21. The number of fused-ring (bicyclic) bond motifs is 8. The summed E-state index contributed by atoms with van der Waals surface area (Å²) in [4.78, 5) is 25.0. The predicted octanol–water partition coefficient (Wildman–Crippen LogP) is 22.5. The predicted molar refractivity (Wildman–Crippen MR) is 378 cm³/mol. The van der Waals surface area contributed by atoms with Crippen LogP contribution in [-0.4, -0.2) is 32.2 Å². The molecule has 12 aromatic rings. The van der Waals surface area contributed by atoms with Crippen molar-refractivity contribution in [3.63, 3.8) is 0 Å². The number of phenolic OH excluding ortho intramolecular Hbond substituents is 1. The molecule has 0 spiro atoms. The zero-order valence-corrected chi connectivity index (χ0v) is 53.1.